The molecule has 25 heavy (non-hydrogen) atoms. The maximum absolute atomic E-state index is 15.1. The lowest BCUT2D eigenvalue weighted by molar-refractivity contribution is 0.0541. The summed E-state index contributed by atoms with van der Waals surface area (Å²) in [4.78, 5) is 24.9. The summed E-state index contributed by atoms with van der Waals surface area (Å²) < 4.78 is 36.3. The number of carbonyl (C=O) groups excluding carboxylic acids is 1. The van der Waals surface area contributed by atoms with Gasteiger partial charge in [0.05, 0.1) is 16.6 Å². The highest BCUT2D eigenvalue weighted by atomic mass is 32.2. The molecule has 2 heterocycles. The topological polar surface area (TPSA) is 64.1 Å². The number of thioether (sulfide) groups is 1. The average Bonchev–Trinajstić information content (AvgIpc) is 2.98. The van der Waals surface area contributed by atoms with Gasteiger partial charge >= 0.3 is 0 Å². The van der Waals surface area contributed by atoms with Gasteiger partial charge in [-0.25, -0.2) is 8.78 Å². The molecular weight excluding hydrogens is 350 g/mol. The van der Waals surface area contributed by atoms with E-state index in [0.29, 0.717) is 25.3 Å². The number of ketones is 1. The zero-order chi connectivity index (χ0) is 18.1. The maximum Gasteiger partial charge on any atom is 0.277 e. The summed E-state index contributed by atoms with van der Waals surface area (Å²) in [5.41, 5.74) is -1.13. The summed E-state index contributed by atoms with van der Waals surface area (Å²) in [5.74, 6) is -1.70. The number of nitrogens with zero attached hydrogens (tertiary/aromatic N) is 1. The van der Waals surface area contributed by atoms with Gasteiger partial charge in [-0.3, -0.25) is 14.3 Å². The number of aromatic nitrogens is 2. The molecule has 134 valence electrons. The molecule has 1 N–H and O–H groups in total. The van der Waals surface area contributed by atoms with E-state index in [1.807, 2.05) is 0 Å². The van der Waals surface area contributed by atoms with Gasteiger partial charge in [-0.1, -0.05) is 0 Å². The summed E-state index contributed by atoms with van der Waals surface area (Å²) in [6, 6.07) is 0.876. The predicted molar refractivity (Wildman–Crippen MR) is 90.2 cm³/mol. The third kappa shape index (κ3) is 3.04. The molecule has 8 heteroatoms. The molecule has 1 unspecified atom stereocenters. The number of ether oxygens (including phenoxy) is 1. The average molecular weight is 368 g/mol. The van der Waals surface area contributed by atoms with Gasteiger partial charge in [0, 0.05) is 30.7 Å². The van der Waals surface area contributed by atoms with E-state index in [4.69, 9.17) is 4.74 Å². The van der Waals surface area contributed by atoms with Crippen LogP contribution < -0.4 is 5.56 Å². The second-order valence-electron chi connectivity index (χ2n) is 5.61. The number of halogens is 2. The fraction of sp³-hybridized carbons (Fsp3) is 0.412. The number of aromatic amines is 1. The van der Waals surface area contributed by atoms with Crippen molar-refractivity contribution in [2.45, 2.75) is 37.8 Å². The van der Waals surface area contributed by atoms with E-state index in [-0.39, 0.29) is 16.0 Å². The number of hydrogen-bond donors (Lipinski definition) is 1. The Kier molecular flexibility index (Phi) is 5.10. The highest BCUT2D eigenvalue weighted by Crippen LogP contribution is 2.42. The largest absolute Gasteiger partial charge is 0.374 e. The molecule has 1 aliphatic heterocycles. The molecule has 0 saturated heterocycles. The van der Waals surface area contributed by atoms with Crippen molar-refractivity contribution in [1.29, 1.82) is 0 Å². The van der Waals surface area contributed by atoms with Crippen LogP contribution in [0.25, 0.3) is 0 Å². The molecule has 1 aromatic carbocycles. The Labute approximate surface area is 147 Å². The summed E-state index contributed by atoms with van der Waals surface area (Å²) in [7, 11) is 0. The van der Waals surface area contributed by atoms with Crippen LogP contribution in [0.5, 0.6) is 0 Å². The molecule has 2 aromatic rings. The third-order valence-corrected chi connectivity index (χ3v) is 5.31. The minimum atomic E-state index is -0.835. The standard InChI is InChI=1S/C17H18F2N2O3S/c1-3-21-17(23)10(8-20-21)15(22)9-7-11(18)16-13(14(9)19)12(24-4-2)5-6-25-16/h7-8,12,20H,3-6H2,1-2H3. The quantitative estimate of drug-likeness (QED) is 0.823. The molecule has 1 aliphatic rings. The number of benzene rings is 1. The molecule has 0 aliphatic carbocycles. The lowest BCUT2D eigenvalue weighted by Crippen LogP contribution is -2.23. The fourth-order valence-corrected chi connectivity index (χ4v) is 4.07. The van der Waals surface area contributed by atoms with Crippen LogP contribution in [0.2, 0.25) is 0 Å². The van der Waals surface area contributed by atoms with Crippen LogP contribution in [0.3, 0.4) is 0 Å². The number of rotatable bonds is 5. The summed E-state index contributed by atoms with van der Waals surface area (Å²) in [6.45, 7) is 4.20. The smallest absolute Gasteiger partial charge is 0.277 e. The van der Waals surface area contributed by atoms with E-state index in [0.717, 1.165) is 6.07 Å². The van der Waals surface area contributed by atoms with E-state index in [1.165, 1.54) is 22.6 Å². The number of aryl methyl sites for hydroxylation is 1. The van der Waals surface area contributed by atoms with Crippen molar-refractivity contribution >= 4 is 17.5 Å². The van der Waals surface area contributed by atoms with Crippen molar-refractivity contribution < 1.29 is 18.3 Å². The molecule has 1 atom stereocenters. The van der Waals surface area contributed by atoms with Gasteiger partial charge in [-0.2, -0.15) is 0 Å². The zero-order valence-corrected chi connectivity index (χ0v) is 14.7. The Balaban J connectivity index is 2.13. The van der Waals surface area contributed by atoms with Crippen molar-refractivity contribution in [2.75, 3.05) is 12.4 Å². The first-order valence-electron chi connectivity index (χ1n) is 8.08. The molecule has 0 saturated carbocycles. The number of hydrogen-bond acceptors (Lipinski definition) is 4. The van der Waals surface area contributed by atoms with E-state index < -0.39 is 34.6 Å². The van der Waals surface area contributed by atoms with E-state index in [9.17, 15) is 14.0 Å². The van der Waals surface area contributed by atoms with Gasteiger partial charge in [-0.15, -0.1) is 11.8 Å². The van der Waals surface area contributed by atoms with Crippen molar-refractivity contribution in [3.63, 3.8) is 0 Å². The van der Waals surface area contributed by atoms with Crippen LogP contribution in [-0.2, 0) is 11.3 Å². The third-order valence-electron chi connectivity index (χ3n) is 4.17. The summed E-state index contributed by atoms with van der Waals surface area (Å²) in [5, 5.41) is 2.64. The van der Waals surface area contributed by atoms with Crippen molar-refractivity contribution in [1.82, 2.24) is 9.78 Å². The normalized spacial score (nSPS) is 16.7. The minimum Gasteiger partial charge on any atom is -0.374 e. The molecule has 0 bridgehead atoms. The first kappa shape index (κ1) is 17.9. The van der Waals surface area contributed by atoms with Gasteiger partial charge < -0.3 is 9.84 Å². The second kappa shape index (κ2) is 7.13. The first-order valence-corrected chi connectivity index (χ1v) is 9.07. The van der Waals surface area contributed by atoms with Gasteiger partial charge in [0.2, 0.25) is 5.78 Å². The second-order valence-corrected chi connectivity index (χ2v) is 6.71. The minimum absolute atomic E-state index is 0.0767. The Morgan fingerprint density at radius 1 is 1.40 bits per heavy atom. The van der Waals surface area contributed by atoms with Gasteiger partial charge in [0.25, 0.3) is 5.56 Å². The Morgan fingerprint density at radius 3 is 2.80 bits per heavy atom. The molecular formula is C17H18F2N2O3S. The SMILES string of the molecule is CCOC1CCSc2c(F)cc(C(=O)c3c[nH]n(CC)c3=O)c(F)c21. The molecule has 0 radical (unpaired) electrons. The van der Waals surface area contributed by atoms with Crippen molar-refractivity contribution in [3.8, 4) is 0 Å². The van der Waals surface area contributed by atoms with Gasteiger partial charge in [-0.05, 0) is 26.3 Å². The van der Waals surface area contributed by atoms with Crippen LogP contribution in [0, 0.1) is 11.6 Å². The van der Waals surface area contributed by atoms with Gasteiger partial charge in [0.15, 0.2) is 0 Å². The molecule has 0 fully saturated rings. The summed E-state index contributed by atoms with van der Waals surface area (Å²) in [6.07, 6.45) is 1.16. The molecule has 0 spiro atoms. The molecule has 0 amide bonds. The van der Waals surface area contributed by atoms with Crippen LogP contribution in [0.1, 0.15) is 47.9 Å². The van der Waals surface area contributed by atoms with E-state index in [2.05, 4.69) is 5.10 Å². The van der Waals surface area contributed by atoms with Crippen LogP contribution in [0.15, 0.2) is 22.0 Å². The van der Waals surface area contributed by atoms with Crippen LogP contribution in [-0.4, -0.2) is 27.9 Å². The monoisotopic (exact) mass is 368 g/mol. The van der Waals surface area contributed by atoms with Gasteiger partial charge in [0.1, 0.15) is 17.2 Å². The Hall–Kier alpha value is -1.93. The maximum atomic E-state index is 15.1. The zero-order valence-electron chi connectivity index (χ0n) is 13.9. The number of nitrogens with one attached hydrogen (secondary N) is 1. The molecule has 3 rings (SSSR count). The van der Waals surface area contributed by atoms with E-state index >= 15 is 4.39 Å². The number of fused-ring (bicyclic) bond motifs is 1. The molecule has 1 aromatic heterocycles. The predicted octanol–water partition coefficient (Wildman–Crippen LogP) is 3.28. The van der Waals surface area contributed by atoms with E-state index in [1.54, 1.807) is 13.8 Å². The van der Waals surface area contributed by atoms with Crippen molar-refractivity contribution in [3.05, 3.63) is 50.9 Å². The number of carbonyl (C=O) groups is 1. The lowest BCUT2D eigenvalue weighted by atomic mass is 9.97. The molecule has 5 nitrogen and oxygen atoms in total. The van der Waals surface area contributed by atoms with Crippen molar-refractivity contribution in [2.24, 2.45) is 0 Å². The fourth-order valence-electron chi connectivity index (χ4n) is 2.96. The first-order chi connectivity index (χ1) is 12.0. The van der Waals surface area contributed by atoms with Crippen LogP contribution in [0.4, 0.5) is 8.78 Å². The Morgan fingerprint density at radius 2 is 2.16 bits per heavy atom. The summed E-state index contributed by atoms with van der Waals surface area (Å²) >= 11 is 1.21. The van der Waals surface area contributed by atoms with Crippen LogP contribution >= 0.6 is 11.8 Å². The lowest BCUT2D eigenvalue weighted by Gasteiger charge is -2.26. The highest BCUT2D eigenvalue weighted by molar-refractivity contribution is 7.99. The number of H-pyrrole nitrogens is 1. The Bertz CT molecular complexity index is 876. The highest BCUT2D eigenvalue weighted by Gasteiger charge is 2.32.